The molecule has 0 saturated heterocycles. The first-order chi connectivity index (χ1) is 14.2. The number of carboxylic acid groups (broad SMARTS) is 1. The SMILES string of the molecule is COc1cc(C(=O)O)ccc1Cc1cn(C)c2ccc(C(=O)N(C)CC(C)C)cc12. The zero-order chi connectivity index (χ0) is 22.0. The van der Waals surface area contributed by atoms with E-state index in [9.17, 15) is 14.7 Å². The van der Waals surface area contributed by atoms with Crippen LogP contribution in [0.25, 0.3) is 10.9 Å². The van der Waals surface area contributed by atoms with Crippen molar-refractivity contribution in [2.75, 3.05) is 20.7 Å². The molecule has 0 saturated carbocycles. The third-order valence-electron chi connectivity index (χ3n) is 5.22. The molecule has 0 aliphatic carbocycles. The van der Waals surface area contributed by atoms with Crippen LogP contribution in [-0.4, -0.2) is 47.2 Å². The van der Waals surface area contributed by atoms with Crippen molar-refractivity contribution >= 4 is 22.8 Å². The van der Waals surface area contributed by atoms with Crippen LogP contribution in [0.4, 0.5) is 0 Å². The zero-order valence-electron chi connectivity index (χ0n) is 18.1. The molecule has 1 N–H and O–H groups in total. The van der Waals surface area contributed by atoms with Crippen molar-refractivity contribution in [3.8, 4) is 5.75 Å². The van der Waals surface area contributed by atoms with Gasteiger partial charge in [0.25, 0.3) is 5.91 Å². The average molecular weight is 408 g/mol. The van der Waals surface area contributed by atoms with Gasteiger partial charge in [0.05, 0.1) is 12.7 Å². The maximum atomic E-state index is 12.8. The number of nitrogens with zero attached hydrogens (tertiary/aromatic N) is 2. The van der Waals surface area contributed by atoms with Crippen molar-refractivity contribution in [3.63, 3.8) is 0 Å². The smallest absolute Gasteiger partial charge is 0.335 e. The molecule has 6 heteroatoms. The van der Waals surface area contributed by atoms with E-state index in [1.807, 2.05) is 43.1 Å². The summed E-state index contributed by atoms with van der Waals surface area (Å²) in [6.07, 6.45) is 2.61. The van der Waals surface area contributed by atoms with Crippen molar-refractivity contribution in [1.29, 1.82) is 0 Å². The number of carboxylic acids is 1. The van der Waals surface area contributed by atoms with Crippen LogP contribution in [0.3, 0.4) is 0 Å². The highest BCUT2D eigenvalue weighted by Gasteiger charge is 2.17. The van der Waals surface area contributed by atoms with Gasteiger partial charge in [-0.1, -0.05) is 19.9 Å². The van der Waals surface area contributed by atoms with E-state index in [0.717, 1.165) is 22.0 Å². The number of hydrogen-bond donors (Lipinski definition) is 1. The van der Waals surface area contributed by atoms with Crippen LogP contribution in [0.1, 0.15) is 45.7 Å². The summed E-state index contributed by atoms with van der Waals surface area (Å²) in [5, 5.41) is 10.2. The number of carbonyl (C=O) groups is 2. The maximum Gasteiger partial charge on any atom is 0.335 e. The molecule has 0 fully saturated rings. The zero-order valence-corrected chi connectivity index (χ0v) is 18.1. The molecule has 0 bridgehead atoms. The van der Waals surface area contributed by atoms with E-state index in [1.165, 1.54) is 7.11 Å². The number of aromatic carboxylic acids is 1. The number of fused-ring (bicyclic) bond motifs is 1. The Kier molecular flexibility index (Phi) is 6.15. The van der Waals surface area contributed by atoms with Crippen LogP contribution >= 0.6 is 0 Å². The van der Waals surface area contributed by atoms with Gasteiger partial charge in [-0.15, -0.1) is 0 Å². The molecule has 0 aliphatic rings. The molecular weight excluding hydrogens is 380 g/mol. The Morgan fingerprint density at radius 1 is 1.10 bits per heavy atom. The molecule has 0 atom stereocenters. The van der Waals surface area contributed by atoms with Crippen molar-refractivity contribution in [2.24, 2.45) is 13.0 Å². The van der Waals surface area contributed by atoms with Gasteiger partial charge in [-0.05, 0) is 47.4 Å². The molecule has 1 amide bonds. The summed E-state index contributed by atoms with van der Waals surface area (Å²) >= 11 is 0. The van der Waals surface area contributed by atoms with Crippen LogP contribution in [-0.2, 0) is 13.5 Å². The van der Waals surface area contributed by atoms with Crippen LogP contribution in [0.15, 0.2) is 42.6 Å². The van der Waals surface area contributed by atoms with Crippen LogP contribution < -0.4 is 4.74 Å². The molecular formula is C24H28N2O4. The van der Waals surface area contributed by atoms with Gasteiger partial charge in [0.1, 0.15) is 5.75 Å². The minimum atomic E-state index is -0.987. The van der Waals surface area contributed by atoms with E-state index in [0.29, 0.717) is 30.2 Å². The fraction of sp³-hybridized carbons (Fsp3) is 0.333. The Bertz CT molecular complexity index is 1100. The molecule has 3 rings (SSSR count). The van der Waals surface area contributed by atoms with Crippen LogP contribution in [0, 0.1) is 5.92 Å². The summed E-state index contributed by atoms with van der Waals surface area (Å²) in [4.78, 5) is 25.8. The number of ether oxygens (including phenoxy) is 1. The number of rotatable bonds is 7. The second-order valence-electron chi connectivity index (χ2n) is 8.09. The summed E-state index contributed by atoms with van der Waals surface area (Å²) in [6.45, 7) is 4.88. The lowest BCUT2D eigenvalue weighted by Crippen LogP contribution is -2.30. The van der Waals surface area contributed by atoms with Crippen molar-refractivity contribution < 1.29 is 19.4 Å². The highest BCUT2D eigenvalue weighted by molar-refractivity contribution is 5.99. The van der Waals surface area contributed by atoms with Gasteiger partial charge in [0.2, 0.25) is 0 Å². The van der Waals surface area contributed by atoms with Gasteiger partial charge in [-0.3, -0.25) is 4.79 Å². The number of carbonyl (C=O) groups excluding carboxylic acids is 1. The lowest BCUT2D eigenvalue weighted by Gasteiger charge is -2.19. The van der Waals surface area contributed by atoms with Gasteiger partial charge in [0.15, 0.2) is 0 Å². The molecule has 6 nitrogen and oxygen atoms in total. The van der Waals surface area contributed by atoms with Gasteiger partial charge in [-0.25, -0.2) is 4.79 Å². The lowest BCUT2D eigenvalue weighted by molar-refractivity contribution is 0.0695. The molecule has 0 radical (unpaired) electrons. The number of aromatic nitrogens is 1. The lowest BCUT2D eigenvalue weighted by atomic mass is 10.0. The highest BCUT2D eigenvalue weighted by Crippen LogP contribution is 2.29. The third-order valence-corrected chi connectivity index (χ3v) is 5.22. The Morgan fingerprint density at radius 3 is 2.43 bits per heavy atom. The topological polar surface area (TPSA) is 71.8 Å². The van der Waals surface area contributed by atoms with Crippen molar-refractivity contribution in [3.05, 3.63) is 64.8 Å². The first-order valence-electron chi connectivity index (χ1n) is 9.95. The minimum Gasteiger partial charge on any atom is -0.496 e. The fourth-order valence-electron chi connectivity index (χ4n) is 3.83. The second-order valence-corrected chi connectivity index (χ2v) is 8.09. The van der Waals surface area contributed by atoms with Gasteiger partial charge >= 0.3 is 5.97 Å². The number of amides is 1. The van der Waals surface area contributed by atoms with E-state index >= 15 is 0 Å². The molecule has 0 unspecified atom stereocenters. The van der Waals surface area contributed by atoms with Gasteiger partial charge < -0.3 is 19.3 Å². The molecule has 158 valence electrons. The van der Waals surface area contributed by atoms with E-state index in [-0.39, 0.29) is 11.5 Å². The average Bonchev–Trinajstić information content (AvgIpc) is 3.01. The molecule has 0 aliphatic heterocycles. The van der Waals surface area contributed by atoms with Crippen LogP contribution in [0.5, 0.6) is 5.75 Å². The predicted molar refractivity (Wildman–Crippen MR) is 117 cm³/mol. The van der Waals surface area contributed by atoms with Crippen LogP contribution in [0.2, 0.25) is 0 Å². The fourth-order valence-corrected chi connectivity index (χ4v) is 3.83. The van der Waals surface area contributed by atoms with Gasteiger partial charge in [0, 0.05) is 49.7 Å². The largest absolute Gasteiger partial charge is 0.496 e. The molecule has 0 spiro atoms. The Hall–Kier alpha value is -3.28. The summed E-state index contributed by atoms with van der Waals surface area (Å²) in [5.74, 6) is -0.0468. The van der Waals surface area contributed by atoms with E-state index in [2.05, 4.69) is 13.8 Å². The molecule has 3 aromatic rings. The maximum absolute atomic E-state index is 12.8. The van der Waals surface area contributed by atoms with E-state index in [1.54, 1.807) is 23.1 Å². The Morgan fingerprint density at radius 2 is 1.80 bits per heavy atom. The minimum absolute atomic E-state index is 0.00351. The second kappa shape index (κ2) is 8.61. The third kappa shape index (κ3) is 4.32. The summed E-state index contributed by atoms with van der Waals surface area (Å²) in [6, 6.07) is 10.7. The Balaban J connectivity index is 1.99. The standard InChI is InChI=1S/C24H28N2O4/c1-15(2)13-26(4)23(27)17-8-9-21-20(11-17)19(14-25(21)3)10-16-6-7-18(24(28)29)12-22(16)30-5/h6-9,11-12,14-15H,10,13H2,1-5H3,(H,28,29). The number of methoxy groups -OCH3 is 1. The summed E-state index contributed by atoms with van der Waals surface area (Å²) in [5.41, 5.74) is 3.83. The summed E-state index contributed by atoms with van der Waals surface area (Å²) in [7, 11) is 5.34. The van der Waals surface area contributed by atoms with Crippen molar-refractivity contribution in [1.82, 2.24) is 9.47 Å². The monoisotopic (exact) mass is 408 g/mol. The molecule has 2 aromatic carbocycles. The first-order valence-corrected chi connectivity index (χ1v) is 9.95. The number of aryl methyl sites for hydroxylation is 1. The van der Waals surface area contributed by atoms with Crippen molar-refractivity contribution in [2.45, 2.75) is 20.3 Å². The molecule has 1 heterocycles. The highest BCUT2D eigenvalue weighted by atomic mass is 16.5. The number of benzene rings is 2. The number of hydrogen-bond acceptors (Lipinski definition) is 3. The predicted octanol–water partition coefficient (Wildman–Crippen LogP) is 4.20. The van der Waals surface area contributed by atoms with E-state index < -0.39 is 5.97 Å². The summed E-state index contributed by atoms with van der Waals surface area (Å²) < 4.78 is 7.46. The molecule has 30 heavy (non-hydrogen) atoms. The quantitative estimate of drug-likeness (QED) is 0.636. The van der Waals surface area contributed by atoms with E-state index in [4.69, 9.17) is 4.74 Å². The molecule has 1 aromatic heterocycles. The van der Waals surface area contributed by atoms with Gasteiger partial charge in [-0.2, -0.15) is 0 Å². The Labute approximate surface area is 176 Å². The normalized spacial score (nSPS) is 11.1. The first kappa shape index (κ1) is 21.4.